The Labute approximate surface area is 174 Å². The van der Waals surface area contributed by atoms with E-state index in [1.807, 2.05) is 30.3 Å². The van der Waals surface area contributed by atoms with E-state index in [4.69, 9.17) is 9.47 Å². The molecule has 1 aliphatic heterocycles. The van der Waals surface area contributed by atoms with Crippen LogP contribution in [0.15, 0.2) is 53.6 Å². The van der Waals surface area contributed by atoms with Gasteiger partial charge in [-0.3, -0.25) is 14.4 Å². The Bertz CT molecular complexity index is 959. The number of nitrogens with zero attached hydrogens (tertiary/aromatic N) is 2. The SMILES string of the molecule is COc1cc(/C=N/NC(=O)C2CC(=O)N(Cc3ccccc3)C2)ccc1OC(C)=O. The fraction of sp³-hybridized carbons (Fsp3) is 0.273. The van der Waals surface area contributed by atoms with Crippen LogP contribution in [0.4, 0.5) is 0 Å². The van der Waals surface area contributed by atoms with Crippen molar-refractivity contribution < 1.29 is 23.9 Å². The van der Waals surface area contributed by atoms with Crippen LogP contribution in [0.2, 0.25) is 0 Å². The molecular weight excluding hydrogens is 386 g/mol. The predicted octanol–water partition coefficient (Wildman–Crippen LogP) is 2.12. The van der Waals surface area contributed by atoms with E-state index in [0.29, 0.717) is 30.2 Å². The molecule has 8 nitrogen and oxygen atoms in total. The van der Waals surface area contributed by atoms with Gasteiger partial charge in [0, 0.05) is 26.4 Å². The number of esters is 1. The van der Waals surface area contributed by atoms with Gasteiger partial charge in [0.1, 0.15) is 0 Å². The number of hydrogen-bond donors (Lipinski definition) is 1. The number of rotatable bonds is 7. The Morgan fingerprint density at radius 3 is 2.67 bits per heavy atom. The second kappa shape index (κ2) is 9.69. The molecule has 1 aliphatic rings. The standard InChI is InChI=1S/C22H23N3O5/c1-15(26)30-19-9-8-17(10-20(19)29-2)12-23-24-22(28)18-11-21(27)25(14-18)13-16-6-4-3-5-7-16/h3-10,12,18H,11,13-14H2,1-2H3,(H,24,28)/b23-12+. The summed E-state index contributed by atoms with van der Waals surface area (Å²) >= 11 is 0. The molecule has 30 heavy (non-hydrogen) atoms. The Kier molecular flexibility index (Phi) is 6.79. The van der Waals surface area contributed by atoms with Crippen molar-refractivity contribution in [2.45, 2.75) is 19.9 Å². The van der Waals surface area contributed by atoms with Crippen molar-refractivity contribution in [3.05, 3.63) is 59.7 Å². The van der Waals surface area contributed by atoms with Crippen LogP contribution in [-0.4, -0.2) is 42.6 Å². The fourth-order valence-corrected chi connectivity index (χ4v) is 3.17. The van der Waals surface area contributed by atoms with E-state index in [1.165, 1.54) is 20.2 Å². The number of carbonyl (C=O) groups is 3. The Hall–Kier alpha value is -3.68. The third-order valence-electron chi connectivity index (χ3n) is 4.63. The van der Waals surface area contributed by atoms with Crippen molar-refractivity contribution >= 4 is 24.0 Å². The quantitative estimate of drug-likeness (QED) is 0.327. The van der Waals surface area contributed by atoms with Crippen molar-refractivity contribution in [1.82, 2.24) is 10.3 Å². The van der Waals surface area contributed by atoms with Gasteiger partial charge in [-0.25, -0.2) is 5.43 Å². The topological polar surface area (TPSA) is 97.3 Å². The average Bonchev–Trinajstić information content (AvgIpc) is 3.09. The number of hydrazone groups is 1. The van der Waals surface area contributed by atoms with Gasteiger partial charge in [-0.15, -0.1) is 0 Å². The molecule has 1 saturated heterocycles. The van der Waals surface area contributed by atoms with Crippen molar-refractivity contribution in [2.24, 2.45) is 11.0 Å². The van der Waals surface area contributed by atoms with Crippen LogP contribution in [0.1, 0.15) is 24.5 Å². The summed E-state index contributed by atoms with van der Waals surface area (Å²) in [5, 5.41) is 3.97. The number of ether oxygens (including phenoxy) is 2. The van der Waals surface area contributed by atoms with Crippen LogP contribution in [0.25, 0.3) is 0 Å². The van der Waals surface area contributed by atoms with Crippen LogP contribution in [0, 0.1) is 5.92 Å². The van der Waals surface area contributed by atoms with Gasteiger partial charge in [0.05, 0.1) is 19.2 Å². The molecule has 0 bridgehead atoms. The minimum atomic E-state index is -0.450. The lowest BCUT2D eigenvalue weighted by molar-refractivity contribution is -0.132. The van der Waals surface area contributed by atoms with E-state index in [9.17, 15) is 14.4 Å². The number of methoxy groups -OCH3 is 1. The summed E-state index contributed by atoms with van der Waals surface area (Å²) in [5.41, 5.74) is 4.16. The minimum Gasteiger partial charge on any atom is -0.493 e. The highest BCUT2D eigenvalue weighted by Gasteiger charge is 2.34. The van der Waals surface area contributed by atoms with Crippen LogP contribution in [0.5, 0.6) is 11.5 Å². The molecule has 0 saturated carbocycles. The molecule has 2 amide bonds. The zero-order valence-corrected chi connectivity index (χ0v) is 16.8. The number of likely N-dealkylation sites (tertiary alicyclic amines) is 1. The molecule has 1 unspecified atom stereocenters. The van der Waals surface area contributed by atoms with Gasteiger partial charge in [-0.05, 0) is 29.3 Å². The van der Waals surface area contributed by atoms with E-state index < -0.39 is 11.9 Å². The van der Waals surface area contributed by atoms with Gasteiger partial charge in [0.25, 0.3) is 0 Å². The van der Waals surface area contributed by atoms with Crippen LogP contribution < -0.4 is 14.9 Å². The molecule has 0 spiro atoms. The number of nitrogens with one attached hydrogen (secondary N) is 1. The zero-order chi connectivity index (χ0) is 21.5. The third-order valence-corrected chi connectivity index (χ3v) is 4.63. The van der Waals surface area contributed by atoms with E-state index in [2.05, 4.69) is 10.5 Å². The summed E-state index contributed by atoms with van der Waals surface area (Å²) < 4.78 is 10.2. The van der Waals surface area contributed by atoms with Gasteiger partial charge >= 0.3 is 5.97 Å². The molecule has 1 atom stereocenters. The normalized spacial score (nSPS) is 16.0. The molecule has 1 N–H and O–H groups in total. The van der Waals surface area contributed by atoms with Crippen LogP contribution in [-0.2, 0) is 20.9 Å². The first kappa shape index (κ1) is 21.0. The molecule has 3 rings (SSSR count). The molecule has 0 aromatic heterocycles. The molecule has 156 valence electrons. The van der Waals surface area contributed by atoms with Crippen molar-refractivity contribution in [1.29, 1.82) is 0 Å². The maximum absolute atomic E-state index is 12.4. The first-order chi connectivity index (χ1) is 14.5. The lowest BCUT2D eigenvalue weighted by atomic mass is 10.1. The summed E-state index contributed by atoms with van der Waals surface area (Å²) in [7, 11) is 1.46. The third kappa shape index (κ3) is 5.44. The first-order valence-corrected chi connectivity index (χ1v) is 9.47. The molecular formula is C22H23N3O5. The number of hydrogen-bond acceptors (Lipinski definition) is 6. The monoisotopic (exact) mass is 409 g/mol. The van der Waals surface area contributed by atoms with Gasteiger partial charge in [0.15, 0.2) is 11.5 Å². The molecule has 2 aromatic carbocycles. The maximum atomic E-state index is 12.4. The molecule has 1 fully saturated rings. The molecule has 1 heterocycles. The number of benzene rings is 2. The van der Waals surface area contributed by atoms with Gasteiger partial charge in [0.2, 0.25) is 11.8 Å². The van der Waals surface area contributed by atoms with Gasteiger partial charge in [-0.1, -0.05) is 30.3 Å². The van der Waals surface area contributed by atoms with E-state index >= 15 is 0 Å². The summed E-state index contributed by atoms with van der Waals surface area (Å²) in [5.74, 6) is -0.575. The summed E-state index contributed by atoms with van der Waals surface area (Å²) in [4.78, 5) is 37.4. The lowest BCUT2D eigenvalue weighted by Crippen LogP contribution is -2.30. The summed E-state index contributed by atoms with van der Waals surface area (Å²) in [6.45, 7) is 2.15. The highest BCUT2D eigenvalue weighted by molar-refractivity contribution is 5.90. The number of carbonyl (C=O) groups excluding carboxylic acids is 3. The second-order valence-corrected chi connectivity index (χ2v) is 6.90. The maximum Gasteiger partial charge on any atom is 0.308 e. The van der Waals surface area contributed by atoms with Crippen molar-refractivity contribution in [3.8, 4) is 11.5 Å². The zero-order valence-electron chi connectivity index (χ0n) is 16.8. The number of amides is 2. The molecule has 0 radical (unpaired) electrons. The first-order valence-electron chi connectivity index (χ1n) is 9.47. The minimum absolute atomic E-state index is 0.0474. The largest absolute Gasteiger partial charge is 0.493 e. The molecule has 2 aromatic rings. The van der Waals surface area contributed by atoms with E-state index in [1.54, 1.807) is 23.1 Å². The van der Waals surface area contributed by atoms with E-state index in [0.717, 1.165) is 5.56 Å². The Morgan fingerprint density at radius 1 is 1.20 bits per heavy atom. The van der Waals surface area contributed by atoms with Crippen LogP contribution in [0.3, 0.4) is 0 Å². The Morgan fingerprint density at radius 2 is 1.97 bits per heavy atom. The van der Waals surface area contributed by atoms with E-state index in [-0.39, 0.29) is 18.2 Å². The average molecular weight is 409 g/mol. The van der Waals surface area contributed by atoms with Gasteiger partial charge in [-0.2, -0.15) is 5.10 Å². The molecule has 0 aliphatic carbocycles. The highest BCUT2D eigenvalue weighted by atomic mass is 16.6. The summed E-state index contributed by atoms with van der Waals surface area (Å²) in [6, 6.07) is 14.6. The lowest BCUT2D eigenvalue weighted by Gasteiger charge is -2.16. The second-order valence-electron chi connectivity index (χ2n) is 6.90. The molecule has 8 heteroatoms. The predicted molar refractivity (Wildman–Crippen MR) is 110 cm³/mol. The highest BCUT2D eigenvalue weighted by Crippen LogP contribution is 2.27. The van der Waals surface area contributed by atoms with Gasteiger partial charge < -0.3 is 14.4 Å². The Balaban J connectivity index is 1.56. The van der Waals surface area contributed by atoms with Crippen LogP contribution >= 0.6 is 0 Å². The fourth-order valence-electron chi connectivity index (χ4n) is 3.17. The smallest absolute Gasteiger partial charge is 0.308 e. The summed E-state index contributed by atoms with van der Waals surface area (Å²) in [6.07, 6.45) is 1.62. The van der Waals surface area contributed by atoms with Crippen molar-refractivity contribution in [2.75, 3.05) is 13.7 Å². The van der Waals surface area contributed by atoms with Crippen molar-refractivity contribution in [3.63, 3.8) is 0 Å².